The van der Waals surface area contributed by atoms with Gasteiger partial charge >= 0.3 is 0 Å². The molecule has 10 heteroatoms. The van der Waals surface area contributed by atoms with Crippen LogP contribution in [0.1, 0.15) is 16.3 Å². The molecule has 4 heterocycles. The number of nitrogens with zero attached hydrogens (tertiary/aromatic N) is 3. The van der Waals surface area contributed by atoms with E-state index in [1.165, 1.54) is 18.6 Å². The van der Waals surface area contributed by atoms with E-state index >= 15 is 0 Å². The van der Waals surface area contributed by atoms with E-state index in [2.05, 4.69) is 4.90 Å². The van der Waals surface area contributed by atoms with Crippen LogP contribution >= 0.6 is 0 Å². The number of piperazine rings is 1. The molecule has 10 nitrogen and oxygen atoms in total. The molecule has 2 saturated heterocycles. The van der Waals surface area contributed by atoms with Crippen molar-refractivity contribution in [3.05, 3.63) is 52.5 Å². The Labute approximate surface area is 178 Å². The Balaban J connectivity index is 1.25. The predicted molar refractivity (Wildman–Crippen MR) is 108 cm³/mol. The lowest BCUT2D eigenvalue weighted by Gasteiger charge is -2.33. The summed E-state index contributed by atoms with van der Waals surface area (Å²) in [6.45, 7) is 4.74. The van der Waals surface area contributed by atoms with Gasteiger partial charge in [0.25, 0.3) is 11.8 Å². The summed E-state index contributed by atoms with van der Waals surface area (Å²) in [7, 11) is 0. The van der Waals surface area contributed by atoms with Crippen LogP contribution in [0.3, 0.4) is 0 Å². The van der Waals surface area contributed by atoms with E-state index < -0.39 is 0 Å². The van der Waals surface area contributed by atoms with Gasteiger partial charge in [0, 0.05) is 45.3 Å². The maximum atomic E-state index is 12.3. The second-order valence-corrected chi connectivity index (χ2v) is 7.40. The van der Waals surface area contributed by atoms with Gasteiger partial charge in [-0.25, -0.2) is 0 Å². The lowest BCUT2D eigenvalue weighted by molar-refractivity contribution is -0.137. The van der Waals surface area contributed by atoms with Crippen molar-refractivity contribution in [1.29, 1.82) is 0 Å². The van der Waals surface area contributed by atoms with E-state index in [4.69, 9.17) is 18.3 Å². The Morgan fingerprint density at radius 3 is 2.45 bits per heavy atom. The number of rotatable bonds is 6. The van der Waals surface area contributed by atoms with Gasteiger partial charge in [0.2, 0.25) is 11.2 Å². The largest absolute Gasteiger partial charge is 0.477 e. The summed E-state index contributed by atoms with van der Waals surface area (Å²) in [6.07, 6.45) is 2.73. The van der Waals surface area contributed by atoms with E-state index in [9.17, 15) is 14.4 Å². The van der Waals surface area contributed by atoms with E-state index in [1.807, 2.05) is 0 Å². The first-order valence-electron chi connectivity index (χ1n) is 10.3. The van der Waals surface area contributed by atoms with Crippen LogP contribution in [0.15, 0.2) is 44.4 Å². The standard InChI is InChI=1S/C21H25N3O7/c25-17-12-16(30-14-19(17)31-15-20(26)23-7-10-28-11-8-23)13-22-3-5-24(6-4-22)21(27)18-2-1-9-29-18/h1-2,9,12,14H,3-8,10-11,13,15H2. The predicted octanol–water partition coefficient (Wildman–Crippen LogP) is 0.428. The minimum Gasteiger partial charge on any atom is -0.477 e. The minimum absolute atomic E-state index is 0.0132. The SMILES string of the molecule is O=C(COc1coc(CN2CCN(C(=O)c3ccco3)CC2)cc1=O)N1CCOCC1. The van der Waals surface area contributed by atoms with Gasteiger partial charge in [-0.2, -0.15) is 0 Å². The van der Waals surface area contributed by atoms with Crippen molar-refractivity contribution < 1.29 is 27.9 Å². The molecule has 2 aromatic rings. The number of carbonyl (C=O) groups is 2. The van der Waals surface area contributed by atoms with Crippen LogP contribution < -0.4 is 10.2 Å². The third-order valence-electron chi connectivity index (χ3n) is 5.34. The highest BCUT2D eigenvalue weighted by Crippen LogP contribution is 2.13. The zero-order valence-corrected chi connectivity index (χ0v) is 17.2. The second-order valence-electron chi connectivity index (χ2n) is 7.40. The quantitative estimate of drug-likeness (QED) is 0.648. The molecule has 2 fully saturated rings. The van der Waals surface area contributed by atoms with Crippen molar-refractivity contribution >= 4 is 11.8 Å². The van der Waals surface area contributed by atoms with Crippen LogP contribution in [0.25, 0.3) is 0 Å². The molecule has 166 valence electrons. The number of carbonyl (C=O) groups excluding carboxylic acids is 2. The molecular formula is C21H25N3O7. The molecule has 31 heavy (non-hydrogen) atoms. The molecule has 0 aromatic carbocycles. The number of amides is 2. The fraction of sp³-hybridized carbons (Fsp3) is 0.476. The van der Waals surface area contributed by atoms with Crippen molar-refractivity contribution in [1.82, 2.24) is 14.7 Å². The molecule has 4 rings (SSSR count). The lowest BCUT2D eigenvalue weighted by atomic mass is 10.2. The molecule has 2 aliphatic heterocycles. The van der Waals surface area contributed by atoms with Crippen LogP contribution in [0.5, 0.6) is 5.75 Å². The fourth-order valence-corrected chi connectivity index (χ4v) is 3.56. The lowest BCUT2D eigenvalue weighted by Crippen LogP contribution is -2.48. The number of furan rings is 1. The Morgan fingerprint density at radius 2 is 1.77 bits per heavy atom. The maximum absolute atomic E-state index is 12.3. The Morgan fingerprint density at radius 1 is 1.00 bits per heavy atom. The van der Waals surface area contributed by atoms with Gasteiger partial charge in [0.05, 0.1) is 26.0 Å². The van der Waals surface area contributed by atoms with Crippen LogP contribution in [0, 0.1) is 0 Å². The summed E-state index contributed by atoms with van der Waals surface area (Å²) in [4.78, 5) is 42.3. The topological polar surface area (TPSA) is 106 Å². The van der Waals surface area contributed by atoms with Crippen molar-refractivity contribution in [3.8, 4) is 5.75 Å². The van der Waals surface area contributed by atoms with Crippen molar-refractivity contribution in [2.75, 3.05) is 59.1 Å². The van der Waals surface area contributed by atoms with Crippen LogP contribution in [-0.2, 0) is 16.1 Å². The van der Waals surface area contributed by atoms with Gasteiger partial charge < -0.3 is 28.1 Å². The van der Waals surface area contributed by atoms with Gasteiger partial charge in [-0.15, -0.1) is 0 Å². The van der Waals surface area contributed by atoms with E-state index in [0.717, 1.165) is 0 Å². The Hall–Kier alpha value is -3.11. The van der Waals surface area contributed by atoms with Crippen molar-refractivity contribution in [3.63, 3.8) is 0 Å². The first kappa shape index (κ1) is 21.1. The molecule has 0 bridgehead atoms. The van der Waals surface area contributed by atoms with Gasteiger partial charge in [0.1, 0.15) is 12.0 Å². The van der Waals surface area contributed by atoms with E-state index in [-0.39, 0.29) is 29.6 Å². The van der Waals surface area contributed by atoms with E-state index in [1.54, 1.807) is 21.9 Å². The minimum atomic E-state index is -0.331. The third kappa shape index (κ3) is 5.33. The van der Waals surface area contributed by atoms with Gasteiger partial charge in [-0.1, -0.05) is 0 Å². The molecule has 0 unspecified atom stereocenters. The fourth-order valence-electron chi connectivity index (χ4n) is 3.56. The number of hydrogen-bond acceptors (Lipinski definition) is 8. The summed E-state index contributed by atoms with van der Waals surface area (Å²) in [6, 6.07) is 4.73. The number of hydrogen-bond donors (Lipinski definition) is 0. The van der Waals surface area contributed by atoms with Crippen molar-refractivity contribution in [2.45, 2.75) is 6.54 Å². The molecule has 0 aliphatic carbocycles. The van der Waals surface area contributed by atoms with Crippen LogP contribution in [0.4, 0.5) is 0 Å². The maximum Gasteiger partial charge on any atom is 0.289 e. The van der Waals surface area contributed by atoms with Gasteiger partial charge in [-0.05, 0) is 12.1 Å². The van der Waals surface area contributed by atoms with Crippen LogP contribution in [0.2, 0.25) is 0 Å². The normalized spacial score (nSPS) is 17.5. The molecule has 0 N–H and O–H groups in total. The Kier molecular flexibility index (Phi) is 6.68. The molecule has 2 aromatic heterocycles. The first-order valence-corrected chi connectivity index (χ1v) is 10.3. The average Bonchev–Trinajstić information content (AvgIpc) is 3.34. The van der Waals surface area contributed by atoms with Gasteiger partial charge in [0.15, 0.2) is 12.4 Å². The highest BCUT2D eigenvalue weighted by Gasteiger charge is 2.24. The first-order chi connectivity index (χ1) is 15.1. The average molecular weight is 431 g/mol. The zero-order chi connectivity index (χ0) is 21.6. The molecule has 0 spiro atoms. The molecular weight excluding hydrogens is 406 g/mol. The highest BCUT2D eigenvalue weighted by atomic mass is 16.5. The van der Waals surface area contributed by atoms with Crippen LogP contribution in [-0.4, -0.2) is 85.6 Å². The second kappa shape index (κ2) is 9.80. The summed E-state index contributed by atoms with van der Waals surface area (Å²) < 4.78 is 21.3. The molecule has 0 atom stereocenters. The smallest absolute Gasteiger partial charge is 0.289 e. The monoisotopic (exact) mass is 431 g/mol. The molecule has 2 aliphatic rings. The third-order valence-corrected chi connectivity index (χ3v) is 5.34. The zero-order valence-electron chi connectivity index (χ0n) is 17.2. The molecule has 0 radical (unpaired) electrons. The molecule has 2 amide bonds. The van der Waals surface area contributed by atoms with Crippen molar-refractivity contribution in [2.24, 2.45) is 0 Å². The number of morpholine rings is 1. The van der Waals surface area contributed by atoms with E-state index in [0.29, 0.717) is 70.5 Å². The number of ether oxygens (including phenoxy) is 2. The highest BCUT2D eigenvalue weighted by molar-refractivity contribution is 5.91. The van der Waals surface area contributed by atoms with Gasteiger partial charge in [-0.3, -0.25) is 19.3 Å². The summed E-state index contributed by atoms with van der Waals surface area (Å²) in [5, 5.41) is 0. The molecule has 0 saturated carbocycles. The summed E-state index contributed by atoms with van der Waals surface area (Å²) in [5.41, 5.74) is -0.331. The summed E-state index contributed by atoms with van der Waals surface area (Å²) >= 11 is 0. The Bertz CT molecular complexity index is 942. The summed E-state index contributed by atoms with van der Waals surface area (Å²) in [5.74, 6) is 0.544.